The largest absolute Gasteiger partial charge is 0.457 e. The fourth-order valence-electron chi connectivity index (χ4n) is 3.17. The first-order chi connectivity index (χ1) is 14.9. The molecule has 0 atom stereocenters. The Hall–Kier alpha value is -3.94. The zero-order chi connectivity index (χ0) is 22.0. The van der Waals surface area contributed by atoms with E-state index in [1.54, 1.807) is 36.4 Å². The average Bonchev–Trinajstić information content (AvgIpc) is 3.56. The number of benzene rings is 2. The third kappa shape index (κ3) is 4.98. The number of esters is 1. The van der Waals surface area contributed by atoms with Crippen molar-refractivity contribution in [1.29, 1.82) is 0 Å². The molecule has 0 bridgehead atoms. The number of hydrogen-bond donors (Lipinski definition) is 2. The molecule has 1 aliphatic rings. The summed E-state index contributed by atoms with van der Waals surface area (Å²) in [5.74, 6) is -0.826. The first kappa shape index (κ1) is 20.3. The molecule has 4 rings (SSSR count). The highest BCUT2D eigenvalue weighted by molar-refractivity contribution is 5.96. The Morgan fingerprint density at radius 1 is 1.03 bits per heavy atom. The van der Waals surface area contributed by atoms with Crippen molar-refractivity contribution in [2.75, 3.05) is 10.6 Å². The molecule has 8 nitrogen and oxygen atoms in total. The summed E-state index contributed by atoms with van der Waals surface area (Å²) in [6, 6.07) is 12.7. The van der Waals surface area contributed by atoms with Crippen LogP contribution in [0.2, 0.25) is 0 Å². The lowest BCUT2D eigenvalue weighted by atomic mass is 10.1. The third-order valence-corrected chi connectivity index (χ3v) is 4.82. The molecule has 1 saturated carbocycles. The predicted molar refractivity (Wildman–Crippen MR) is 114 cm³/mol. The van der Waals surface area contributed by atoms with Crippen LogP contribution in [0.15, 0.2) is 57.7 Å². The molecule has 1 fully saturated rings. The Bertz CT molecular complexity index is 1240. The zero-order valence-electron chi connectivity index (χ0n) is 16.8. The van der Waals surface area contributed by atoms with Crippen LogP contribution in [0.4, 0.5) is 11.4 Å². The van der Waals surface area contributed by atoms with E-state index in [9.17, 15) is 19.2 Å². The Labute approximate surface area is 177 Å². The number of anilines is 2. The topological polar surface area (TPSA) is 115 Å². The van der Waals surface area contributed by atoms with Gasteiger partial charge in [-0.2, -0.15) is 0 Å². The summed E-state index contributed by atoms with van der Waals surface area (Å²) in [6.07, 6.45) is 1.78. The molecule has 8 heteroatoms. The van der Waals surface area contributed by atoms with E-state index >= 15 is 0 Å². The molecule has 0 radical (unpaired) electrons. The normalized spacial score (nSPS) is 12.9. The molecule has 1 heterocycles. The summed E-state index contributed by atoms with van der Waals surface area (Å²) in [7, 11) is 0. The van der Waals surface area contributed by atoms with Gasteiger partial charge in [0.05, 0.1) is 5.56 Å². The first-order valence-electron chi connectivity index (χ1n) is 9.81. The molecule has 1 aliphatic carbocycles. The first-order valence-corrected chi connectivity index (χ1v) is 9.81. The summed E-state index contributed by atoms with van der Waals surface area (Å²) >= 11 is 0. The minimum atomic E-state index is -0.594. The van der Waals surface area contributed by atoms with E-state index in [1.807, 2.05) is 0 Å². The highest BCUT2D eigenvalue weighted by Crippen LogP contribution is 2.30. The molecule has 31 heavy (non-hydrogen) atoms. The van der Waals surface area contributed by atoms with E-state index in [-0.39, 0.29) is 35.5 Å². The number of carbonyl (C=O) groups excluding carboxylic acids is 3. The van der Waals surface area contributed by atoms with Crippen LogP contribution in [0.25, 0.3) is 11.0 Å². The van der Waals surface area contributed by atoms with Crippen molar-refractivity contribution in [3.05, 3.63) is 70.1 Å². The number of nitrogens with one attached hydrogen (secondary N) is 2. The highest BCUT2D eigenvalue weighted by atomic mass is 16.5. The maximum Gasteiger partial charge on any atom is 0.338 e. The van der Waals surface area contributed by atoms with Crippen molar-refractivity contribution in [3.63, 3.8) is 0 Å². The van der Waals surface area contributed by atoms with Crippen molar-refractivity contribution in [2.24, 2.45) is 5.92 Å². The van der Waals surface area contributed by atoms with Gasteiger partial charge >= 0.3 is 11.6 Å². The monoisotopic (exact) mass is 420 g/mol. The molecular formula is C23H20N2O6. The second-order valence-corrected chi connectivity index (χ2v) is 7.40. The van der Waals surface area contributed by atoms with Gasteiger partial charge in [-0.3, -0.25) is 9.59 Å². The molecule has 0 spiro atoms. The van der Waals surface area contributed by atoms with Gasteiger partial charge in [0, 0.05) is 47.3 Å². The Balaban J connectivity index is 1.49. The van der Waals surface area contributed by atoms with Gasteiger partial charge in [-0.05, 0) is 43.2 Å². The van der Waals surface area contributed by atoms with Crippen molar-refractivity contribution < 1.29 is 23.5 Å². The van der Waals surface area contributed by atoms with Gasteiger partial charge in [0.25, 0.3) is 0 Å². The second kappa shape index (κ2) is 8.43. The minimum absolute atomic E-state index is 0.0494. The average molecular weight is 420 g/mol. The summed E-state index contributed by atoms with van der Waals surface area (Å²) in [5, 5.41) is 6.00. The van der Waals surface area contributed by atoms with E-state index in [4.69, 9.17) is 9.15 Å². The maximum absolute atomic E-state index is 12.5. The molecule has 1 aromatic heterocycles. The Morgan fingerprint density at radius 2 is 1.81 bits per heavy atom. The minimum Gasteiger partial charge on any atom is -0.457 e. The highest BCUT2D eigenvalue weighted by Gasteiger charge is 2.29. The molecule has 158 valence electrons. The van der Waals surface area contributed by atoms with Gasteiger partial charge in [0.2, 0.25) is 11.8 Å². The van der Waals surface area contributed by atoms with Crippen LogP contribution in [0.3, 0.4) is 0 Å². The van der Waals surface area contributed by atoms with Gasteiger partial charge in [-0.25, -0.2) is 9.59 Å². The van der Waals surface area contributed by atoms with E-state index in [2.05, 4.69) is 10.6 Å². The van der Waals surface area contributed by atoms with Crippen LogP contribution in [0.1, 0.15) is 35.7 Å². The maximum atomic E-state index is 12.5. The number of carbonyl (C=O) groups is 3. The molecule has 0 aliphatic heterocycles. The van der Waals surface area contributed by atoms with Crippen LogP contribution in [0.5, 0.6) is 0 Å². The molecule has 2 aromatic carbocycles. The lowest BCUT2D eigenvalue weighted by molar-refractivity contribution is -0.117. The Kier molecular flexibility index (Phi) is 5.53. The SMILES string of the molecule is CC(=O)Nc1ccc2c(COC(=O)c3cccc(NC(=O)C4CC4)c3)cc(=O)oc2c1. The van der Waals surface area contributed by atoms with Crippen LogP contribution in [-0.4, -0.2) is 17.8 Å². The lowest BCUT2D eigenvalue weighted by Gasteiger charge is -2.10. The van der Waals surface area contributed by atoms with Crippen LogP contribution in [0, 0.1) is 5.92 Å². The number of ether oxygens (including phenoxy) is 1. The molecule has 0 unspecified atom stereocenters. The van der Waals surface area contributed by atoms with Gasteiger partial charge in [-0.15, -0.1) is 0 Å². The van der Waals surface area contributed by atoms with Crippen molar-refractivity contribution in [1.82, 2.24) is 0 Å². The number of amides is 2. The van der Waals surface area contributed by atoms with Crippen LogP contribution >= 0.6 is 0 Å². The van der Waals surface area contributed by atoms with E-state index in [0.29, 0.717) is 22.3 Å². The second-order valence-electron chi connectivity index (χ2n) is 7.40. The number of hydrogen-bond acceptors (Lipinski definition) is 6. The van der Waals surface area contributed by atoms with Crippen molar-refractivity contribution >= 4 is 40.1 Å². The molecule has 0 saturated heterocycles. The Morgan fingerprint density at radius 3 is 2.55 bits per heavy atom. The van der Waals surface area contributed by atoms with E-state index in [0.717, 1.165) is 12.8 Å². The van der Waals surface area contributed by atoms with Crippen molar-refractivity contribution in [3.8, 4) is 0 Å². The van der Waals surface area contributed by atoms with Crippen molar-refractivity contribution in [2.45, 2.75) is 26.4 Å². The van der Waals surface area contributed by atoms with E-state index in [1.165, 1.54) is 19.1 Å². The summed E-state index contributed by atoms with van der Waals surface area (Å²) in [4.78, 5) is 47.6. The number of fused-ring (bicyclic) bond motifs is 1. The van der Waals surface area contributed by atoms with Gasteiger partial charge < -0.3 is 19.8 Å². The third-order valence-electron chi connectivity index (χ3n) is 4.82. The van der Waals surface area contributed by atoms with Gasteiger partial charge in [0.15, 0.2) is 0 Å². The fourth-order valence-corrected chi connectivity index (χ4v) is 3.17. The lowest BCUT2D eigenvalue weighted by Crippen LogP contribution is -2.14. The van der Waals surface area contributed by atoms with Crippen LogP contribution in [-0.2, 0) is 20.9 Å². The molecule has 3 aromatic rings. The fraction of sp³-hybridized carbons (Fsp3) is 0.217. The summed E-state index contributed by atoms with van der Waals surface area (Å²) in [6.45, 7) is 1.24. The standard InChI is InChI=1S/C23H20N2O6/c1-13(26)24-18-7-8-19-16(10-21(27)31-20(19)11-18)12-30-23(29)15-3-2-4-17(9-15)25-22(28)14-5-6-14/h2-4,7-11,14H,5-6,12H2,1H3,(H,24,26)(H,25,28). The predicted octanol–water partition coefficient (Wildman–Crippen LogP) is 3.46. The van der Waals surface area contributed by atoms with Crippen LogP contribution < -0.4 is 16.3 Å². The summed E-state index contributed by atoms with van der Waals surface area (Å²) in [5.41, 5.74) is 1.46. The van der Waals surface area contributed by atoms with Gasteiger partial charge in [0.1, 0.15) is 12.2 Å². The van der Waals surface area contributed by atoms with E-state index < -0.39 is 11.6 Å². The zero-order valence-corrected chi connectivity index (χ0v) is 16.8. The van der Waals surface area contributed by atoms with Gasteiger partial charge in [-0.1, -0.05) is 6.07 Å². The molecular weight excluding hydrogens is 400 g/mol. The quantitative estimate of drug-likeness (QED) is 0.466. The summed E-state index contributed by atoms with van der Waals surface area (Å²) < 4.78 is 10.6. The number of rotatable bonds is 6. The smallest absolute Gasteiger partial charge is 0.338 e. The molecule has 2 N–H and O–H groups in total. The molecule has 2 amide bonds.